The van der Waals surface area contributed by atoms with Crippen molar-refractivity contribution in [3.05, 3.63) is 29.3 Å². The second-order valence-electron chi connectivity index (χ2n) is 4.95. The van der Waals surface area contributed by atoms with E-state index in [2.05, 4.69) is 27.3 Å². The molecule has 2 rings (SSSR count). The van der Waals surface area contributed by atoms with Gasteiger partial charge in [-0.3, -0.25) is 4.68 Å². The summed E-state index contributed by atoms with van der Waals surface area (Å²) >= 11 is 0. The van der Waals surface area contributed by atoms with Crippen molar-refractivity contribution in [2.45, 2.75) is 33.1 Å². The highest BCUT2D eigenvalue weighted by Crippen LogP contribution is 2.17. The summed E-state index contributed by atoms with van der Waals surface area (Å²) in [6, 6.07) is 0. The molecule has 0 fully saturated rings. The molecule has 0 atom stereocenters. The lowest BCUT2D eigenvalue weighted by atomic mass is 10.2. The van der Waals surface area contributed by atoms with E-state index in [1.54, 1.807) is 0 Å². The van der Waals surface area contributed by atoms with E-state index in [4.69, 9.17) is 5.73 Å². The van der Waals surface area contributed by atoms with Gasteiger partial charge in [-0.2, -0.15) is 5.10 Å². The van der Waals surface area contributed by atoms with Crippen molar-refractivity contribution < 1.29 is 0 Å². The normalized spacial score (nSPS) is 10.8. The van der Waals surface area contributed by atoms with Crippen LogP contribution in [0.3, 0.4) is 0 Å². The third kappa shape index (κ3) is 3.46. The van der Waals surface area contributed by atoms with Crippen molar-refractivity contribution >= 4 is 11.6 Å². The zero-order chi connectivity index (χ0) is 14.5. The number of rotatable bonds is 6. The number of aromatic nitrogens is 4. The van der Waals surface area contributed by atoms with E-state index in [0.717, 1.165) is 43.0 Å². The smallest absolute Gasteiger partial charge is 0.134 e. The minimum Gasteiger partial charge on any atom is -0.383 e. The average molecular weight is 274 g/mol. The lowest BCUT2D eigenvalue weighted by Gasteiger charge is -2.11. The van der Waals surface area contributed by atoms with Gasteiger partial charge in [-0.25, -0.2) is 9.97 Å². The summed E-state index contributed by atoms with van der Waals surface area (Å²) in [6.07, 6.45) is 6.66. The number of nitrogens with zero attached hydrogens (tertiary/aromatic N) is 4. The molecule has 20 heavy (non-hydrogen) atoms. The number of anilines is 2. The van der Waals surface area contributed by atoms with Gasteiger partial charge in [0.2, 0.25) is 0 Å². The molecule has 3 N–H and O–H groups in total. The molecule has 0 unspecified atom stereocenters. The fourth-order valence-electron chi connectivity index (χ4n) is 2.02. The molecular weight excluding hydrogens is 252 g/mol. The quantitative estimate of drug-likeness (QED) is 0.838. The van der Waals surface area contributed by atoms with Crippen LogP contribution in [-0.4, -0.2) is 26.3 Å². The first-order chi connectivity index (χ1) is 9.60. The molecule has 0 radical (unpaired) electrons. The maximum Gasteiger partial charge on any atom is 0.134 e. The summed E-state index contributed by atoms with van der Waals surface area (Å²) in [7, 11) is 1.92. The van der Waals surface area contributed by atoms with E-state index < -0.39 is 0 Å². The van der Waals surface area contributed by atoms with Gasteiger partial charge in [-0.1, -0.05) is 6.92 Å². The maximum absolute atomic E-state index is 5.93. The number of hydrogen-bond donors (Lipinski definition) is 2. The number of nitrogens with two attached hydrogens (primary N) is 1. The molecule has 0 aromatic carbocycles. The van der Waals surface area contributed by atoms with E-state index in [0.29, 0.717) is 5.82 Å². The Morgan fingerprint density at radius 2 is 2.10 bits per heavy atom. The Kier molecular flexibility index (Phi) is 4.55. The van der Waals surface area contributed by atoms with Crippen molar-refractivity contribution in [1.82, 2.24) is 19.7 Å². The Morgan fingerprint density at radius 3 is 2.75 bits per heavy atom. The highest BCUT2D eigenvalue weighted by Gasteiger charge is 2.08. The molecule has 0 aliphatic heterocycles. The first kappa shape index (κ1) is 14.3. The van der Waals surface area contributed by atoms with Crippen LogP contribution in [0.5, 0.6) is 0 Å². The fourth-order valence-corrected chi connectivity index (χ4v) is 2.02. The van der Waals surface area contributed by atoms with Crippen LogP contribution in [0, 0.1) is 6.92 Å². The molecule has 0 saturated carbocycles. The molecule has 2 aromatic rings. The number of nitrogen functional groups attached to an aromatic ring is 1. The lowest BCUT2D eigenvalue weighted by molar-refractivity contribution is 0.766. The predicted octanol–water partition coefficient (Wildman–Crippen LogP) is 1.71. The second-order valence-corrected chi connectivity index (χ2v) is 4.95. The summed E-state index contributed by atoms with van der Waals surface area (Å²) in [5.41, 5.74) is 8.05. The van der Waals surface area contributed by atoms with Gasteiger partial charge in [0.1, 0.15) is 17.5 Å². The monoisotopic (exact) mass is 274 g/mol. The highest BCUT2D eigenvalue weighted by atomic mass is 15.2. The first-order valence-corrected chi connectivity index (χ1v) is 6.94. The van der Waals surface area contributed by atoms with Gasteiger partial charge in [0.15, 0.2) is 0 Å². The van der Waals surface area contributed by atoms with Crippen molar-refractivity contribution in [2.75, 3.05) is 17.6 Å². The standard InChI is InChI=1S/C14H22N6/c1-4-5-12-18-13(15)10(2)14(19-12)16-7-6-11-8-17-20(3)9-11/h8-9H,4-7H2,1-3H3,(H3,15,16,18,19). The summed E-state index contributed by atoms with van der Waals surface area (Å²) in [5, 5.41) is 7.50. The fraction of sp³-hybridized carbons (Fsp3) is 0.500. The van der Waals surface area contributed by atoms with Crippen LogP contribution in [0.4, 0.5) is 11.6 Å². The summed E-state index contributed by atoms with van der Waals surface area (Å²) in [4.78, 5) is 8.84. The van der Waals surface area contributed by atoms with Gasteiger partial charge < -0.3 is 11.1 Å². The van der Waals surface area contributed by atoms with Gasteiger partial charge >= 0.3 is 0 Å². The Hall–Kier alpha value is -2.11. The van der Waals surface area contributed by atoms with Crippen molar-refractivity contribution in [3.8, 4) is 0 Å². The van der Waals surface area contributed by atoms with Crippen LogP contribution >= 0.6 is 0 Å². The molecule has 0 aliphatic rings. The second kappa shape index (κ2) is 6.36. The predicted molar refractivity (Wildman–Crippen MR) is 80.6 cm³/mol. The number of aryl methyl sites for hydroxylation is 2. The molecular formula is C14H22N6. The van der Waals surface area contributed by atoms with Gasteiger partial charge in [0.25, 0.3) is 0 Å². The number of hydrogen-bond acceptors (Lipinski definition) is 5. The van der Waals surface area contributed by atoms with E-state index in [1.807, 2.05) is 31.0 Å². The zero-order valence-electron chi connectivity index (χ0n) is 12.3. The van der Waals surface area contributed by atoms with Crippen LogP contribution in [0.1, 0.15) is 30.3 Å². The zero-order valence-corrected chi connectivity index (χ0v) is 12.3. The minimum absolute atomic E-state index is 0.562. The average Bonchev–Trinajstić information content (AvgIpc) is 2.81. The summed E-state index contributed by atoms with van der Waals surface area (Å²) in [5.74, 6) is 2.21. The topological polar surface area (TPSA) is 81.6 Å². The van der Waals surface area contributed by atoms with Gasteiger partial charge in [0.05, 0.1) is 6.20 Å². The van der Waals surface area contributed by atoms with Crippen LogP contribution in [0.2, 0.25) is 0 Å². The Balaban J connectivity index is 2.01. The van der Waals surface area contributed by atoms with E-state index in [1.165, 1.54) is 5.56 Å². The molecule has 2 aromatic heterocycles. The van der Waals surface area contributed by atoms with Crippen LogP contribution < -0.4 is 11.1 Å². The van der Waals surface area contributed by atoms with Gasteiger partial charge in [0, 0.05) is 31.8 Å². The highest BCUT2D eigenvalue weighted by molar-refractivity contribution is 5.54. The van der Waals surface area contributed by atoms with E-state index in [-0.39, 0.29) is 0 Å². The minimum atomic E-state index is 0.562. The van der Waals surface area contributed by atoms with Crippen LogP contribution in [0.25, 0.3) is 0 Å². The third-order valence-corrected chi connectivity index (χ3v) is 3.17. The lowest BCUT2D eigenvalue weighted by Crippen LogP contribution is -2.11. The Labute approximate surface area is 119 Å². The molecule has 6 nitrogen and oxygen atoms in total. The third-order valence-electron chi connectivity index (χ3n) is 3.17. The largest absolute Gasteiger partial charge is 0.383 e. The van der Waals surface area contributed by atoms with Crippen LogP contribution in [-0.2, 0) is 19.9 Å². The molecule has 0 spiro atoms. The van der Waals surface area contributed by atoms with E-state index in [9.17, 15) is 0 Å². The molecule has 0 aliphatic carbocycles. The molecule has 0 bridgehead atoms. The Bertz CT molecular complexity index is 575. The number of nitrogens with one attached hydrogen (secondary N) is 1. The summed E-state index contributed by atoms with van der Waals surface area (Å²) in [6.45, 7) is 4.85. The van der Waals surface area contributed by atoms with Gasteiger partial charge in [-0.05, 0) is 25.3 Å². The SMILES string of the molecule is CCCc1nc(N)c(C)c(NCCc2cnn(C)c2)n1. The maximum atomic E-state index is 5.93. The van der Waals surface area contributed by atoms with Crippen molar-refractivity contribution in [1.29, 1.82) is 0 Å². The Morgan fingerprint density at radius 1 is 1.30 bits per heavy atom. The van der Waals surface area contributed by atoms with Gasteiger partial charge in [-0.15, -0.1) is 0 Å². The molecule has 108 valence electrons. The van der Waals surface area contributed by atoms with Crippen molar-refractivity contribution in [2.24, 2.45) is 7.05 Å². The summed E-state index contributed by atoms with van der Waals surface area (Å²) < 4.78 is 1.81. The molecule has 0 saturated heterocycles. The molecule has 0 amide bonds. The first-order valence-electron chi connectivity index (χ1n) is 6.94. The van der Waals surface area contributed by atoms with E-state index >= 15 is 0 Å². The van der Waals surface area contributed by atoms with Crippen molar-refractivity contribution in [3.63, 3.8) is 0 Å². The molecule has 6 heteroatoms. The van der Waals surface area contributed by atoms with Crippen LogP contribution in [0.15, 0.2) is 12.4 Å². The molecule has 2 heterocycles.